The van der Waals surface area contributed by atoms with Gasteiger partial charge in [0.2, 0.25) is 0 Å². The zero-order valence-corrected chi connectivity index (χ0v) is 13.4. The summed E-state index contributed by atoms with van der Waals surface area (Å²) >= 11 is 3.29. The van der Waals surface area contributed by atoms with Crippen molar-refractivity contribution in [3.63, 3.8) is 0 Å². The second-order valence-electron chi connectivity index (χ2n) is 5.14. The minimum absolute atomic E-state index is 0.180. The number of carbonyl (C=O) groups excluding carboxylic acids is 1. The Morgan fingerprint density at radius 2 is 1.90 bits per heavy atom. The third-order valence-electron chi connectivity index (χ3n) is 3.15. The van der Waals surface area contributed by atoms with E-state index in [9.17, 15) is 9.18 Å². The fraction of sp³-hybridized carbons (Fsp3) is 0.250. The molecule has 0 aliphatic heterocycles. The molecule has 0 saturated heterocycles. The minimum Gasteiger partial charge on any atom is -0.345 e. The standard InChI is InChI=1S/C16H16BrFN2O/c1-10(2)15(11-3-5-14(18)6-4-11)20-16(21)12-7-13(17)9-19-8-12/h3-10,15H,1-2H3,(H,20,21). The number of aromatic nitrogens is 1. The van der Waals surface area contributed by atoms with Crippen LogP contribution < -0.4 is 5.32 Å². The molecule has 1 unspecified atom stereocenters. The van der Waals surface area contributed by atoms with Crippen LogP contribution in [0.15, 0.2) is 47.2 Å². The van der Waals surface area contributed by atoms with Gasteiger partial charge in [-0.1, -0.05) is 26.0 Å². The molecule has 110 valence electrons. The summed E-state index contributed by atoms with van der Waals surface area (Å²) in [5.41, 5.74) is 1.36. The SMILES string of the molecule is CC(C)C(NC(=O)c1cncc(Br)c1)c1ccc(F)cc1. The summed E-state index contributed by atoms with van der Waals surface area (Å²) in [7, 11) is 0. The zero-order valence-electron chi connectivity index (χ0n) is 11.8. The van der Waals surface area contributed by atoms with Crippen LogP contribution in [-0.2, 0) is 0 Å². The average molecular weight is 351 g/mol. The maximum absolute atomic E-state index is 13.0. The molecule has 5 heteroatoms. The van der Waals surface area contributed by atoms with E-state index in [0.717, 1.165) is 10.0 Å². The van der Waals surface area contributed by atoms with Gasteiger partial charge < -0.3 is 5.32 Å². The number of hydrogen-bond donors (Lipinski definition) is 1. The molecule has 21 heavy (non-hydrogen) atoms. The molecule has 1 aromatic carbocycles. The Bertz CT molecular complexity index is 628. The van der Waals surface area contributed by atoms with Crippen LogP contribution in [-0.4, -0.2) is 10.9 Å². The molecule has 1 heterocycles. The molecule has 1 aromatic heterocycles. The highest BCUT2D eigenvalue weighted by Gasteiger charge is 2.19. The summed E-state index contributed by atoms with van der Waals surface area (Å²) in [4.78, 5) is 16.3. The number of amides is 1. The van der Waals surface area contributed by atoms with Crippen LogP contribution in [0.4, 0.5) is 4.39 Å². The number of nitrogens with one attached hydrogen (secondary N) is 1. The van der Waals surface area contributed by atoms with E-state index in [1.807, 2.05) is 13.8 Å². The molecular formula is C16H16BrFN2O. The summed E-state index contributed by atoms with van der Waals surface area (Å²) in [6.45, 7) is 4.01. The van der Waals surface area contributed by atoms with Gasteiger partial charge in [0, 0.05) is 16.9 Å². The number of nitrogens with zero attached hydrogens (tertiary/aromatic N) is 1. The number of pyridine rings is 1. The van der Waals surface area contributed by atoms with Crippen LogP contribution in [0.3, 0.4) is 0 Å². The highest BCUT2D eigenvalue weighted by Crippen LogP contribution is 2.22. The summed E-state index contributed by atoms with van der Waals surface area (Å²) in [6, 6.07) is 7.72. The molecule has 0 aliphatic rings. The van der Waals surface area contributed by atoms with E-state index in [1.165, 1.54) is 18.3 Å². The zero-order chi connectivity index (χ0) is 15.4. The Morgan fingerprint density at radius 3 is 2.48 bits per heavy atom. The first-order valence-electron chi connectivity index (χ1n) is 6.64. The lowest BCUT2D eigenvalue weighted by molar-refractivity contribution is 0.0925. The molecule has 0 spiro atoms. The lowest BCUT2D eigenvalue weighted by atomic mass is 9.95. The predicted octanol–water partition coefficient (Wildman–Crippen LogP) is 4.11. The quantitative estimate of drug-likeness (QED) is 0.901. The molecule has 1 atom stereocenters. The molecule has 0 saturated carbocycles. The second-order valence-corrected chi connectivity index (χ2v) is 6.05. The second kappa shape index (κ2) is 6.80. The maximum Gasteiger partial charge on any atom is 0.253 e. The largest absolute Gasteiger partial charge is 0.345 e. The van der Waals surface area contributed by atoms with Crippen molar-refractivity contribution < 1.29 is 9.18 Å². The van der Waals surface area contributed by atoms with Crippen LogP contribution in [0.25, 0.3) is 0 Å². The van der Waals surface area contributed by atoms with E-state index in [4.69, 9.17) is 0 Å². The van der Waals surface area contributed by atoms with E-state index in [-0.39, 0.29) is 23.7 Å². The van der Waals surface area contributed by atoms with Crippen molar-refractivity contribution in [3.05, 3.63) is 64.1 Å². The minimum atomic E-state index is -0.288. The van der Waals surface area contributed by atoms with Gasteiger partial charge in [0.25, 0.3) is 5.91 Å². The highest BCUT2D eigenvalue weighted by molar-refractivity contribution is 9.10. The van der Waals surface area contributed by atoms with E-state index >= 15 is 0 Å². The molecule has 1 amide bonds. The Morgan fingerprint density at radius 1 is 1.24 bits per heavy atom. The van der Waals surface area contributed by atoms with Gasteiger partial charge in [-0.05, 0) is 45.6 Å². The lowest BCUT2D eigenvalue weighted by Crippen LogP contribution is -2.31. The van der Waals surface area contributed by atoms with E-state index < -0.39 is 0 Å². The summed E-state index contributed by atoms with van der Waals surface area (Å²) in [5.74, 6) is -0.310. The normalized spacial score (nSPS) is 12.2. The van der Waals surface area contributed by atoms with Crippen molar-refractivity contribution in [3.8, 4) is 0 Å². The fourth-order valence-electron chi connectivity index (χ4n) is 2.07. The highest BCUT2D eigenvalue weighted by atomic mass is 79.9. The van der Waals surface area contributed by atoms with Crippen molar-refractivity contribution in [1.29, 1.82) is 0 Å². The Hall–Kier alpha value is -1.75. The number of benzene rings is 1. The number of hydrogen-bond acceptors (Lipinski definition) is 2. The van der Waals surface area contributed by atoms with Gasteiger partial charge in [-0.3, -0.25) is 9.78 Å². The van der Waals surface area contributed by atoms with Crippen LogP contribution in [0, 0.1) is 11.7 Å². The summed E-state index contributed by atoms with van der Waals surface area (Å²) < 4.78 is 13.8. The monoisotopic (exact) mass is 350 g/mol. The number of carbonyl (C=O) groups is 1. The first kappa shape index (κ1) is 15.6. The molecule has 2 aromatic rings. The van der Waals surface area contributed by atoms with Gasteiger partial charge in [0.05, 0.1) is 11.6 Å². The van der Waals surface area contributed by atoms with E-state index in [2.05, 4.69) is 26.2 Å². The molecule has 1 N–H and O–H groups in total. The van der Waals surface area contributed by atoms with Crippen LogP contribution >= 0.6 is 15.9 Å². The predicted molar refractivity (Wildman–Crippen MR) is 83.4 cm³/mol. The average Bonchev–Trinajstić information content (AvgIpc) is 2.45. The summed E-state index contributed by atoms with van der Waals surface area (Å²) in [6.07, 6.45) is 3.14. The molecule has 2 rings (SSSR count). The Kier molecular flexibility index (Phi) is 5.07. The Balaban J connectivity index is 2.20. The first-order chi connectivity index (χ1) is 9.97. The molecular weight excluding hydrogens is 335 g/mol. The van der Waals surface area contributed by atoms with Crippen molar-refractivity contribution in [2.45, 2.75) is 19.9 Å². The molecule has 0 radical (unpaired) electrons. The molecule has 3 nitrogen and oxygen atoms in total. The van der Waals surface area contributed by atoms with E-state index in [1.54, 1.807) is 24.4 Å². The van der Waals surface area contributed by atoms with Crippen molar-refractivity contribution in [2.24, 2.45) is 5.92 Å². The van der Waals surface area contributed by atoms with Crippen LogP contribution in [0.2, 0.25) is 0 Å². The molecule has 0 fully saturated rings. The summed E-state index contributed by atoms with van der Waals surface area (Å²) in [5, 5.41) is 2.97. The Labute approximate surface area is 131 Å². The lowest BCUT2D eigenvalue weighted by Gasteiger charge is -2.23. The van der Waals surface area contributed by atoms with Gasteiger partial charge in [-0.15, -0.1) is 0 Å². The van der Waals surface area contributed by atoms with Gasteiger partial charge >= 0.3 is 0 Å². The van der Waals surface area contributed by atoms with Gasteiger partial charge in [-0.2, -0.15) is 0 Å². The molecule has 0 aliphatic carbocycles. The van der Waals surface area contributed by atoms with Crippen LogP contribution in [0.1, 0.15) is 35.8 Å². The number of rotatable bonds is 4. The molecule has 0 bridgehead atoms. The van der Waals surface area contributed by atoms with Gasteiger partial charge in [0.1, 0.15) is 5.82 Å². The smallest absolute Gasteiger partial charge is 0.253 e. The first-order valence-corrected chi connectivity index (χ1v) is 7.43. The van der Waals surface area contributed by atoms with Crippen LogP contribution in [0.5, 0.6) is 0 Å². The van der Waals surface area contributed by atoms with Gasteiger partial charge in [0.15, 0.2) is 0 Å². The van der Waals surface area contributed by atoms with Crippen molar-refractivity contribution in [2.75, 3.05) is 0 Å². The van der Waals surface area contributed by atoms with Crippen molar-refractivity contribution >= 4 is 21.8 Å². The van der Waals surface area contributed by atoms with Crippen molar-refractivity contribution in [1.82, 2.24) is 10.3 Å². The number of halogens is 2. The maximum atomic E-state index is 13.0. The fourth-order valence-corrected chi connectivity index (χ4v) is 2.43. The van der Waals surface area contributed by atoms with E-state index in [0.29, 0.717) is 5.56 Å². The third-order valence-corrected chi connectivity index (χ3v) is 3.58. The third kappa shape index (κ3) is 4.11. The van der Waals surface area contributed by atoms with Gasteiger partial charge in [-0.25, -0.2) is 4.39 Å². The topological polar surface area (TPSA) is 42.0 Å².